The van der Waals surface area contributed by atoms with Crippen LogP contribution in [0.4, 0.5) is 0 Å². The molecule has 1 aliphatic heterocycles. The van der Waals surface area contributed by atoms with Gasteiger partial charge in [0.2, 0.25) is 0 Å². The first-order valence-corrected chi connectivity index (χ1v) is 5.44. The van der Waals surface area contributed by atoms with Crippen molar-refractivity contribution >= 4 is 22.8 Å². The first kappa shape index (κ1) is 10.6. The van der Waals surface area contributed by atoms with E-state index in [0.29, 0.717) is 17.6 Å². The number of fused-ring (bicyclic) bond motifs is 1. The summed E-state index contributed by atoms with van der Waals surface area (Å²) >= 11 is 0. The van der Waals surface area contributed by atoms with Crippen LogP contribution in [0.25, 0.3) is 11.0 Å². The average Bonchev–Trinajstić information content (AvgIpc) is 2.71. The van der Waals surface area contributed by atoms with E-state index in [0.717, 1.165) is 5.56 Å². The minimum absolute atomic E-state index is 0.275. The number of rotatable bonds is 1. The normalized spacial score (nSPS) is 19.7. The molecule has 1 fully saturated rings. The molecule has 18 heavy (non-hydrogen) atoms. The summed E-state index contributed by atoms with van der Waals surface area (Å²) in [7, 11) is 0. The number of benzene rings is 1. The van der Waals surface area contributed by atoms with E-state index in [-0.39, 0.29) is 11.7 Å². The molecule has 1 unspecified atom stereocenters. The smallest absolute Gasteiger partial charge is 0.323 e. The van der Waals surface area contributed by atoms with Crippen molar-refractivity contribution in [1.82, 2.24) is 20.6 Å². The summed E-state index contributed by atoms with van der Waals surface area (Å²) in [4.78, 5) is 38.7. The van der Waals surface area contributed by atoms with Gasteiger partial charge in [-0.2, -0.15) is 0 Å². The summed E-state index contributed by atoms with van der Waals surface area (Å²) in [5.74, 6) is -1.27. The molecule has 3 rings (SSSR count). The van der Waals surface area contributed by atoms with Crippen LogP contribution in [0.15, 0.2) is 23.0 Å². The van der Waals surface area contributed by atoms with Crippen molar-refractivity contribution in [3.63, 3.8) is 0 Å². The first-order chi connectivity index (χ1) is 8.63. The van der Waals surface area contributed by atoms with E-state index in [9.17, 15) is 14.4 Å². The van der Waals surface area contributed by atoms with Crippen molar-refractivity contribution in [2.24, 2.45) is 0 Å². The van der Waals surface area contributed by atoms with Gasteiger partial charge in [-0.05, 0) is 17.7 Å². The van der Waals surface area contributed by atoms with Gasteiger partial charge in [-0.3, -0.25) is 9.59 Å². The number of carbonyl (C=O) groups excluding carboxylic acids is 2. The van der Waals surface area contributed by atoms with Gasteiger partial charge in [0.15, 0.2) is 0 Å². The van der Waals surface area contributed by atoms with Crippen LogP contribution < -0.4 is 16.3 Å². The topological polar surface area (TPSA) is 107 Å². The lowest BCUT2D eigenvalue weighted by atomic mass is 10.0. The van der Waals surface area contributed by atoms with Crippen LogP contribution in [0.3, 0.4) is 0 Å². The lowest BCUT2D eigenvalue weighted by molar-refractivity contribution is -0.141. The van der Waals surface area contributed by atoms with Gasteiger partial charge in [0, 0.05) is 6.54 Å². The van der Waals surface area contributed by atoms with Gasteiger partial charge in [0.1, 0.15) is 0 Å². The van der Waals surface area contributed by atoms with Crippen LogP contribution in [0.2, 0.25) is 0 Å². The van der Waals surface area contributed by atoms with E-state index >= 15 is 0 Å². The third kappa shape index (κ3) is 1.65. The molecular formula is C11H10N4O3. The molecule has 4 N–H and O–H groups in total. The number of amides is 2. The van der Waals surface area contributed by atoms with E-state index in [4.69, 9.17) is 0 Å². The van der Waals surface area contributed by atoms with E-state index in [1.54, 1.807) is 18.2 Å². The van der Waals surface area contributed by atoms with E-state index in [1.165, 1.54) is 0 Å². The Hall–Kier alpha value is -2.57. The molecule has 0 spiro atoms. The van der Waals surface area contributed by atoms with E-state index < -0.39 is 11.8 Å². The minimum atomic E-state index is -0.645. The van der Waals surface area contributed by atoms with Gasteiger partial charge in [-0.15, -0.1) is 0 Å². The number of aromatic nitrogens is 2. The highest BCUT2D eigenvalue weighted by Crippen LogP contribution is 2.18. The zero-order chi connectivity index (χ0) is 12.7. The largest absolute Gasteiger partial charge is 0.345 e. The van der Waals surface area contributed by atoms with E-state index in [1.807, 2.05) is 0 Å². The summed E-state index contributed by atoms with van der Waals surface area (Å²) in [6.45, 7) is 0.338. The van der Waals surface area contributed by atoms with Crippen molar-refractivity contribution in [3.8, 4) is 0 Å². The van der Waals surface area contributed by atoms with Crippen LogP contribution in [0, 0.1) is 0 Å². The Kier molecular flexibility index (Phi) is 2.19. The monoisotopic (exact) mass is 246 g/mol. The number of hydrogen-bond donors (Lipinski definition) is 4. The summed E-state index contributed by atoms with van der Waals surface area (Å²) in [6, 6.07) is 5.05. The molecule has 92 valence electrons. The lowest BCUT2D eigenvalue weighted by Gasteiger charge is -2.23. The number of carbonyl (C=O) groups is 2. The van der Waals surface area contributed by atoms with Crippen LogP contribution in [0.5, 0.6) is 0 Å². The van der Waals surface area contributed by atoms with Crippen molar-refractivity contribution in [2.75, 3.05) is 6.54 Å². The average molecular weight is 246 g/mol. The Morgan fingerprint density at radius 3 is 2.56 bits per heavy atom. The summed E-state index contributed by atoms with van der Waals surface area (Å²) < 4.78 is 0. The molecule has 0 saturated carbocycles. The van der Waals surface area contributed by atoms with E-state index in [2.05, 4.69) is 20.6 Å². The van der Waals surface area contributed by atoms with Gasteiger partial charge in [0.05, 0.1) is 17.1 Å². The molecular weight excluding hydrogens is 236 g/mol. The Morgan fingerprint density at radius 1 is 1.00 bits per heavy atom. The molecule has 1 atom stereocenters. The number of hydrogen-bond acceptors (Lipinski definition) is 3. The standard InChI is InChI=1S/C11H10N4O3/c16-9-10(17)13-8(4-12-9)5-1-2-6-7(3-5)15-11(18)14-6/h1-3,8H,4H2,(H,12,16)(H,13,17)(H2,14,15,18). The zero-order valence-corrected chi connectivity index (χ0v) is 9.24. The van der Waals surface area contributed by atoms with Gasteiger partial charge in [-0.1, -0.05) is 6.07 Å². The molecule has 1 aliphatic rings. The third-order valence-corrected chi connectivity index (χ3v) is 2.92. The molecule has 0 radical (unpaired) electrons. The second kappa shape index (κ2) is 3.73. The molecule has 0 bridgehead atoms. The Balaban J connectivity index is 1.96. The molecule has 1 saturated heterocycles. The molecule has 7 nitrogen and oxygen atoms in total. The predicted molar refractivity (Wildman–Crippen MR) is 62.8 cm³/mol. The van der Waals surface area contributed by atoms with Gasteiger partial charge >= 0.3 is 17.5 Å². The molecule has 7 heteroatoms. The number of imidazole rings is 1. The summed E-state index contributed by atoms with van der Waals surface area (Å²) in [5.41, 5.74) is 1.92. The van der Waals surface area contributed by atoms with Crippen LogP contribution >= 0.6 is 0 Å². The Morgan fingerprint density at radius 2 is 1.78 bits per heavy atom. The second-order valence-electron chi connectivity index (χ2n) is 4.12. The highest BCUT2D eigenvalue weighted by molar-refractivity contribution is 6.35. The van der Waals surface area contributed by atoms with Crippen molar-refractivity contribution in [3.05, 3.63) is 34.2 Å². The molecule has 2 heterocycles. The van der Waals surface area contributed by atoms with Crippen molar-refractivity contribution in [1.29, 1.82) is 0 Å². The maximum atomic E-state index is 11.3. The fraction of sp³-hybridized carbons (Fsp3) is 0.182. The third-order valence-electron chi connectivity index (χ3n) is 2.92. The molecule has 2 amide bonds. The highest BCUT2D eigenvalue weighted by atomic mass is 16.2. The second-order valence-corrected chi connectivity index (χ2v) is 4.12. The van der Waals surface area contributed by atoms with Crippen LogP contribution in [-0.2, 0) is 9.59 Å². The molecule has 1 aromatic carbocycles. The number of H-pyrrole nitrogens is 2. The minimum Gasteiger partial charge on any atom is -0.345 e. The van der Waals surface area contributed by atoms with Crippen LogP contribution in [-0.4, -0.2) is 28.3 Å². The highest BCUT2D eigenvalue weighted by Gasteiger charge is 2.26. The number of aromatic amines is 2. The zero-order valence-electron chi connectivity index (χ0n) is 9.24. The Labute approximate surface area is 101 Å². The van der Waals surface area contributed by atoms with Crippen molar-refractivity contribution < 1.29 is 9.59 Å². The number of piperazine rings is 1. The van der Waals surface area contributed by atoms with Crippen LogP contribution in [0.1, 0.15) is 11.6 Å². The fourth-order valence-corrected chi connectivity index (χ4v) is 2.02. The maximum Gasteiger partial charge on any atom is 0.323 e. The molecule has 1 aromatic heterocycles. The maximum absolute atomic E-state index is 11.3. The SMILES string of the molecule is O=C1NCC(c2ccc3[nH]c(=O)[nH]c3c2)NC1=O. The lowest BCUT2D eigenvalue weighted by Crippen LogP contribution is -2.51. The van der Waals surface area contributed by atoms with Gasteiger partial charge in [-0.25, -0.2) is 4.79 Å². The summed E-state index contributed by atoms with van der Waals surface area (Å²) in [5, 5.41) is 5.10. The number of nitrogens with one attached hydrogen (secondary N) is 4. The molecule has 0 aliphatic carbocycles. The molecule has 2 aromatic rings. The quantitative estimate of drug-likeness (QED) is 0.492. The summed E-state index contributed by atoms with van der Waals surface area (Å²) in [6.07, 6.45) is 0. The van der Waals surface area contributed by atoms with Gasteiger partial charge in [0.25, 0.3) is 0 Å². The Bertz CT molecular complexity index is 700. The first-order valence-electron chi connectivity index (χ1n) is 5.44. The fourth-order valence-electron chi connectivity index (χ4n) is 2.02. The van der Waals surface area contributed by atoms with Crippen molar-refractivity contribution in [2.45, 2.75) is 6.04 Å². The predicted octanol–water partition coefficient (Wildman–Crippen LogP) is -0.857. The van der Waals surface area contributed by atoms with Gasteiger partial charge < -0.3 is 20.6 Å².